The Morgan fingerprint density at radius 1 is 1.24 bits per heavy atom. The maximum Gasteiger partial charge on any atom is 0.0511 e. The number of nitrogens with one attached hydrogen (secondary N) is 1. The average Bonchev–Trinajstić information content (AvgIpc) is 2.72. The number of fused-ring (bicyclic) bond motifs is 2. The lowest BCUT2D eigenvalue weighted by atomic mass is 10.1. The second-order valence-corrected chi connectivity index (χ2v) is 7.36. The van der Waals surface area contributed by atoms with Gasteiger partial charge in [0.2, 0.25) is 0 Å². The highest BCUT2D eigenvalue weighted by Crippen LogP contribution is 2.34. The van der Waals surface area contributed by atoms with Gasteiger partial charge < -0.3 is 10.2 Å². The van der Waals surface area contributed by atoms with Gasteiger partial charge in [0.25, 0.3) is 0 Å². The molecule has 0 amide bonds. The van der Waals surface area contributed by atoms with Crippen molar-refractivity contribution in [1.82, 2.24) is 10.2 Å². The fraction of sp³-hybridized carbons (Fsp3) is 0.647. The van der Waals surface area contributed by atoms with Gasteiger partial charge in [-0.2, -0.15) is 0 Å². The number of hydrogen-bond acceptors (Lipinski definition) is 3. The summed E-state index contributed by atoms with van der Waals surface area (Å²) in [4.78, 5) is 5.17. The van der Waals surface area contributed by atoms with Crippen molar-refractivity contribution in [2.75, 3.05) is 32.1 Å². The third-order valence-corrected chi connectivity index (χ3v) is 6.03. The molecule has 2 heterocycles. The maximum absolute atomic E-state index is 3.79. The lowest BCUT2D eigenvalue weighted by Crippen LogP contribution is -2.36. The molecular formula is C17H26BrN3. The lowest BCUT2D eigenvalue weighted by molar-refractivity contribution is 0.254. The van der Waals surface area contributed by atoms with E-state index in [1.54, 1.807) is 0 Å². The predicted molar refractivity (Wildman–Crippen MR) is 93.0 cm³/mol. The summed E-state index contributed by atoms with van der Waals surface area (Å²) in [6.45, 7) is 4.53. The van der Waals surface area contributed by atoms with Crippen LogP contribution in [0.25, 0.3) is 0 Å². The van der Waals surface area contributed by atoms with Gasteiger partial charge in [0.05, 0.1) is 5.69 Å². The van der Waals surface area contributed by atoms with Crippen LogP contribution in [0.5, 0.6) is 0 Å². The van der Waals surface area contributed by atoms with Gasteiger partial charge in [-0.1, -0.05) is 6.07 Å². The molecule has 0 radical (unpaired) electrons. The summed E-state index contributed by atoms with van der Waals surface area (Å²) >= 11 is 3.79. The van der Waals surface area contributed by atoms with E-state index in [0.29, 0.717) is 6.04 Å². The van der Waals surface area contributed by atoms with E-state index in [1.807, 2.05) is 7.05 Å². The van der Waals surface area contributed by atoms with Crippen LogP contribution in [-0.2, 0) is 0 Å². The van der Waals surface area contributed by atoms with E-state index in [1.165, 1.54) is 41.5 Å². The average molecular weight is 352 g/mol. The molecule has 2 aliphatic rings. The van der Waals surface area contributed by atoms with Crippen LogP contribution in [0.3, 0.4) is 0 Å². The Labute approximate surface area is 136 Å². The van der Waals surface area contributed by atoms with E-state index >= 15 is 0 Å². The van der Waals surface area contributed by atoms with Crippen molar-refractivity contribution in [3.05, 3.63) is 28.2 Å². The number of benzene rings is 1. The van der Waals surface area contributed by atoms with Crippen molar-refractivity contribution in [2.45, 2.75) is 44.3 Å². The van der Waals surface area contributed by atoms with Crippen LogP contribution in [0.4, 0.5) is 5.69 Å². The van der Waals surface area contributed by atoms with Crippen molar-refractivity contribution < 1.29 is 0 Å². The third-order valence-electron chi connectivity index (χ3n) is 5.39. The van der Waals surface area contributed by atoms with Crippen molar-refractivity contribution in [2.24, 2.45) is 0 Å². The summed E-state index contributed by atoms with van der Waals surface area (Å²) in [6, 6.07) is 8.72. The van der Waals surface area contributed by atoms with E-state index in [0.717, 1.165) is 18.6 Å². The van der Waals surface area contributed by atoms with E-state index in [-0.39, 0.29) is 0 Å². The molecule has 0 aromatic heterocycles. The molecule has 1 aromatic rings. The predicted octanol–water partition coefficient (Wildman–Crippen LogP) is 3.40. The SMILES string of the molecule is CNC(C)c1ccc(N2CCC3CCC(C2)N3C)c(Br)c1. The van der Waals surface area contributed by atoms with E-state index in [2.05, 4.69) is 63.2 Å². The number of nitrogens with zero attached hydrogens (tertiary/aromatic N) is 2. The van der Waals surface area contributed by atoms with Gasteiger partial charge in [0.1, 0.15) is 0 Å². The molecule has 3 nitrogen and oxygen atoms in total. The van der Waals surface area contributed by atoms with Gasteiger partial charge >= 0.3 is 0 Å². The molecule has 2 bridgehead atoms. The van der Waals surface area contributed by atoms with Crippen LogP contribution in [0, 0.1) is 0 Å². The Morgan fingerprint density at radius 2 is 2.00 bits per heavy atom. The number of likely N-dealkylation sites (N-methyl/N-ethyl adjacent to an activating group) is 1. The normalized spacial score (nSPS) is 27.7. The summed E-state index contributed by atoms with van der Waals surface area (Å²) < 4.78 is 1.22. The van der Waals surface area contributed by atoms with Gasteiger partial charge in [0.15, 0.2) is 0 Å². The monoisotopic (exact) mass is 351 g/mol. The van der Waals surface area contributed by atoms with Gasteiger partial charge in [0, 0.05) is 35.7 Å². The van der Waals surface area contributed by atoms with Gasteiger partial charge in [-0.25, -0.2) is 0 Å². The molecule has 3 rings (SSSR count). The highest BCUT2D eigenvalue weighted by Gasteiger charge is 2.34. The maximum atomic E-state index is 3.79. The summed E-state index contributed by atoms with van der Waals surface area (Å²) in [5, 5.41) is 3.30. The molecule has 4 heteroatoms. The number of hydrogen-bond donors (Lipinski definition) is 1. The topological polar surface area (TPSA) is 18.5 Å². The molecule has 2 fully saturated rings. The first-order chi connectivity index (χ1) is 10.1. The van der Waals surface area contributed by atoms with E-state index < -0.39 is 0 Å². The largest absolute Gasteiger partial charge is 0.369 e. The molecule has 1 aromatic carbocycles. The van der Waals surface area contributed by atoms with E-state index in [9.17, 15) is 0 Å². The highest BCUT2D eigenvalue weighted by molar-refractivity contribution is 9.10. The van der Waals surface area contributed by atoms with Crippen molar-refractivity contribution >= 4 is 21.6 Å². The minimum absolute atomic E-state index is 0.390. The minimum atomic E-state index is 0.390. The van der Waals surface area contributed by atoms with Crippen molar-refractivity contribution in [3.63, 3.8) is 0 Å². The molecule has 0 spiro atoms. The van der Waals surface area contributed by atoms with Crippen LogP contribution in [0.2, 0.25) is 0 Å². The number of rotatable bonds is 3. The summed E-state index contributed by atoms with van der Waals surface area (Å²) in [7, 11) is 4.31. The summed E-state index contributed by atoms with van der Waals surface area (Å²) in [5.74, 6) is 0. The van der Waals surface area contributed by atoms with Crippen molar-refractivity contribution in [1.29, 1.82) is 0 Å². The summed E-state index contributed by atoms with van der Waals surface area (Å²) in [5.41, 5.74) is 2.68. The van der Waals surface area contributed by atoms with Gasteiger partial charge in [-0.3, -0.25) is 4.90 Å². The van der Waals surface area contributed by atoms with Crippen LogP contribution in [0.15, 0.2) is 22.7 Å². The Kier molecular flexibility index (Phi) is 4.57. The minimum Gasteiger partial charge on any atom is -0.369 e. The van der Waals surface area contributed by atoms with Crippen LogP contribution in [0.1, 0.15) is 37.8 Å². The molecule has 116 valence electrons. The molecule has 2 aliphatic heterocycles. The molecule has 3 atom stereocenters. The Morgan fingerprint density at radius 3 is 2.71 bits per heavy atom. The van der Waals surface area contributed by atoms with E-state index in [4.69, 9.17) is 0 Å². The highest BCUT2D eigenvalue weighted by atomic mass is 79.9. The first-order valence-corrected chi connectivity index (χ1v) is 8.83. The molecular weight excluding hydrogens is 326 g/mol. The second-order valence-electron chi connectivity index (χ2n) is 6.51. The second kappa shape index (κ2) is 6.27. The fourth-order valence-electron chi connectivity index (χ4n) is 3.74. The van der Waals surface area contributed by atoms with Gasteiger partial charge in [-0.05, 0) is 73.9 Å². The zero-order valence-electron chi connectivity index (χ0n) is 13.3. The zero-order chi connectivity index (χ0) is 15.0. The Hall–Kier alpha value is -0.580. The van der Waals surface area contributed by atoms with Crippen LogP contribution < -0.4 is 10.2 Å². The zero-order valence-corrected chi connectivity index (χ0v) is 14.9. The molecule has 3 unspecified atom stereocenters. The first-order valence-electron chi connectivity index (χ1n) is 8.03. The molecule has 0 aliphatic carbocycles. The first kappa shape index (κ1) is 15.3. The smallest absolute Gasteiger partial charge is 0.0511 e. The molecule has 21 heavy (non-hydrogen) atoms. The number of anilines is 1. The summed E-state index contributed by atoms with van der Waals surface area (Å²) in [6.07, 6.45) is 4.02. The lowest BCUT2D eigenvalue weighted by Gasteiger charge is -2.29. The molecule has 0 saturated carbocycles. The third kappa shape index (κ3) is 2.99. The Balaban J connectivity index is 1.80. The quantitative estimate of drug-likeness (QED) is 0.900. The van der Waals surface area contributed by atoms with Crippen LogP contribution in [-0.4, -0.2) is 44.2 Å². The fourth-order valence-corrected chi connectivity index (χ4v) is 4.39. The number of halogens is 1. The van der Waals surface area contributed by atoms with Crippen LogP contribution >= 0.6 is 15.9 Å². The molecule has 2 saturated heterocycles. The standard InChI is InChI=1S/C17H26BrN3/c1-12(19-2)13-4-7-17(16(18)10-13)21-9-8-14-5-6-15(11-21)20(14)3/h4,7,10,12,14-15,19H,5-6,8-9,11H2,1-3H3. The van der Waals surface area contributed by atoms with Gasteiger partial charge in [-0.15, -0.1) is 0 Å². The van der Waals surface area contributed by atoms with Crippen molar-refractivity contribution in [3.8, 4) is 0 Å². The Bertz CT molecular complexity index is 505. The molecule has 1 N–H and O–H groups in total.